The van der Waals surface area contributed by atoms with Crippen molar-refractivity contribution in [3.05, 3.63) is 64.7 Å². The summed E-state index contributed by atoms with van der Waals surface area (Å²) in [7, 11) is 0. The largest absolute Gasteiger partial charge is 0.494 e. The molecule has 2 aromatic rings. The third-order valence-corrected chi connectivity index (χ3v) is 5.29. The average Bonchev–Trinajstić information content (AvgIpc) is 2.82. The Labute approximate surface area is 217 Å². The number of hydrogen-bond donors (Lipinski definition) is 2. The van der Waals surface area contributed by atoms with Gasteiger partial charge in [0.15, 0.2) is 10.9 Å². The minimum Gasteiger partial charge on any atom is -0.494 e. The van der Waals surface area contributed by atoms with Gasteiger partial charge < -0.3 is 19.5 Å². The van der Waals surface area contributed by atoms with Crippen LogP contribution in [0.5, 0.6) is 17.2 Å². The fraction of sp³-hybridized carbons (Fsp3) is 0.360. The highest BCUT2D eigenvalue weighted by atomic mass is 35.5. The van der Waals surface area contributed by atoms with Crippen molar-refractivity contribution in [3.8, 4) is 17.2 Å². The average molecular weight is 525 g/mol. The van der Waals surface area contributed by atoms with Gasteiger partial charge in [0.1, 0.15) is 24.7 Å². The number of unbranched alkanes of at least 4 members (excludes halogenated alkanes) is 3. The molecule has 0 heterocycles. The number of benzene rings is 2. The van der Waals surface area contributed by atoms with Crippen LogP contribution in [0.15, 0.2) is 54.2 Å². The number of thiocarbonyl (C=S) groups is 1. The Bertz CT molecular complexity index is 916. The zero-order valence-corrected chi connectivity index (χ0v) is 21.6. The summed E-state index contributed by atoms with van der Waals surface area (Å²) in [5.74, 6) is 1.97. The molecule has 0 fully saturated rings. The molecular formula is C25H31Cl2N3O3S. The first-order chi connectivity index (χ1) is 16.5. The number of nitrogens with one attached hydrogen (secondary N) is 2. The summed E-state index contributed by atoms with van der Waals surface area (Å²) in [6.07, 6.45) is 7.99. The van der Waals surface area contributed by atoms with Crippen LogP contribution in [0.2, 0.25) is 10.0 Å². The molecule has 9 heteroatoms. The molecular weight excluding hydrogens is 493 g/mol. The van der Waals surface area contributed by atoms with E-state index >= 15 is 0 Å². The van der Waals surface area contributed by atoms with Crippen molar-refractivity contribution in [2.75, 3.05) is 26.4 Å². The topological polar surface area (TPSA) is 64.1 Å². The van der Waals surface area contributed by atoms with Gasteiger partial charge in [-0.1, -0.05) is 55.5 Å². The second kappa shape index (κ2) is 16.2. The summed E-state index contributed by atoms with van der Waals surface area (Å²) < 4.78 is 17.2. The monoisotopic (exact) mass is 523 g/mol. The van der Waals surface area contributed by atoms with E-state index in [1.807, 2.05) is 24.3 Å². The fourth-order valence-electron chi connectivity index (χ4n) is 2.82. The number of rotatable bonds is 15. The molecule has 0 unspecified atom stereocenters. The highest BCUT2D eigenvalue weighted by Gasteiger charge is 2.09. The number of nitrogens with zero attached hydrogens (tertiary/aromatic N) is 1. The molecule has 34 heavy (non-hydrogen) atoms. The SMILES string of the molecule is C=CCNC(=S)N/N=C\c1cc(Cl)c(OCCOc2ccc(OCCCCCC)cc2)c(Cl)c1. The van der Waals surface area contributed by atoms with Gasteiger partial charge in [0.25, 0.3) is 0 Å². The molecule has 0 atom stereocenters. The molecule has 2 aromatic carbocycles. The van der Waals surface area contributed by atoms with Crippen LogP contribution >= 0.6 is 35.4 Å². The first-order valence-corrected chi connectivity index (χ1v) is 12.3. The van der Waals surface area contributed by atoms with Crippen molar-refractivity contribution in [1.82, 2.24) is 10.7 Å². The highest BCUT2D eigenvalue weighted by molar-refractivity contribution is 7.80. The van der Waals surface area contributed by atoms with Crippen LogP contribution in [0.1, 0.15) is 38.2 Å². The smallest absolute Gasteiger partial charge is 0.187 e. The molecule has 0 radical (unpaired) electrons. The van der Waals surface area contributed by atoms with Crippen LogP contribution in [0.3, 0.4) is 0 Å². The van der Waals surface area contributed by atoms with E-state index in [1.165, 1.54) is 19.3 Å². The van der Waals surface area contributed by atoms with Crippen molar-refractivity contribution >= 4 is 46.7 Å². The maximum absolute atomic E-state index is 6.33. The van der Waals surface area contributed by atoms with Crippen molar-refractivity contribution in [2.24, 2.45) is 5.10 Å². The summed E-state index contributed by atoms with van der Waals surface area (Å²) in [6.45, 7) is 7.71. The van der Waals surface area contributed by atoms with Crippen LogP contribution in [-0.2, 0) is 0 Å². The van der Waals surface area contributed by atoms with Crippen LogP contribution in [0.25, 0.3) is 0 Å². The molecule has 0 bridgehead atoms. The summed E-state index contributed by atoms with van der Waals surface area (Å²) in [5, 5.41) is 8.10. The number of hydrogen-bond acceptors (Lipinski definition) is 5. The van der Waals surface area contributed by atoms with E-state index in [4.69, 9.17) is 49.6 Å². The summed E-state index contributed by atoms with van der Waals surface area (Å²) in [6, 6.07) is 11.0. The van der Waals surface area contributed by atoms with E-state index in [2.05, 4.69) is 29.3 Å². The normalized spacial score (nSPS) is 10.7. The van der Waals surface area contributed by atoms with Gasteiger partial charge in [-0.25, -0.2) is 0 Å². The van der Waals surface area contributed by atoms with Crippen molar-refractivity contribution < 1.29 is 14.2 Å². The molecule has 0 amide bonds. The predicted molar refractivity (Wildman–Crippen MR) is 145 cm³/mol. The van der Waals surface area contributed by atoms with Crippen molar-refractivity contribution in [3.63, 3.8) is 0 Å². The van der Waals surface area contributed by atoms with Gasteiger partial charge in [0.2, 0.25) is 0 Å². The predicted octanol–water partition coefficient (Wildman–Crippen LogP) is 6.39. The maximum Gasteiger partial charge on any atom is 0.187 e. The van der Waals surface area contributed by atoms with Crippen LogP contribution < -0.4 is 25.0 Å². The number of hydrazone groups is 1. The zero-order valence-electron chi connectivity index (χ0n) is 19.3. The third-order valence-electron chi connectivity index (χ3n) is 4.50. The standard InChI is InChI=1S/C25H31Cl2N3O3S/c1-3-5-6-7-13-31-20-8-10-21(11-9-20)32-14-15-33-24-22(26)16-19(17-23(24)27)18-29-30-25(34)28-12-4-2/h4,8-11,16-18H,2-3,5-7,12-15H2,1H3,(H2,28,30,34)/b29-18-. The van der Waals surface area contributed by atoms with Crippen LogP contribution in [0.4, 0.5) is 0 Å². The van der Waals surface area contributed by atoms with Gasteiger partial charge in [-0.3, -0.25) is 5.43 Å². The lowest BCUT2D eigenvalue weighted by molar-refractivity contribution is 0.217. The lowest BCUT2D eigenvalue weighted by atomic mass is 10.2. The molecule has 2 N–H and O–H groups in total. The van der Waals surface area contributed by atoms with Gasteiger partial charge in [0.05, 0.1) is 22.9 Å². The lowest BCUT2D eigenvalue weighted by Gasteiger charge is -2.12. The first-order valence-electron chi connectivity index (χ1n) is 11.2. The van der Waals surface area contributed by atoms with E-state index in [9.17, 15) is 0 Å². The molecule has 2 rings (SSSR count). The maximum atomic E-state index is 6.33. The zero-order chi connectivity index (χ0) is 24.6. The van der Waals surface area contributed by atoms with Crippen LogP contribution in [0, 0.1) is 0 Å². The van der Waals surface area contributed by atoms with E-state index in [1.54, 1.807) is 24.4 Å². The Hall–Kier alpha value is -2.48. The molecule has 0 aromatic heterocycles. The molecule has 0 aliphatic heterocycles. The van der Waals surface area contributed by atoms with Gasteiger partial charge in [-0.15, -0.1) is 6.58 Å². The minimum absolute atomic E-state index is 0.285. The first kappa shape index (κ1) is 27.8. The Morgan fingerprint density at radius 2 is 1.59 bits per heavy atom. The second-order valence-corrected chi connectivity index (χ2v) is 8.48. The van der Waals surface area contributed by atoms with E-state index in [0.29, 0.717) is 39.6 Å². The Morgan fingerprint density at radius 1 is 0.971 bits per heavy atom. The second-order valence-electron chi connectivity index (χ2n) is 7.26. The Kier molecular flexibility index (Phi) is 13.2. The fourth-order valence-corrected chi connectivity index (χ4v) is 3.57. The van der Waals surface area contributed by atoms with Gasteiger partial charge in [-0.2, -0.15) is 5.10 Å². The number of halogens is 2. The molecule has 0 spiro atoms. The number of ether oxygens (including phenoxy) is 3. The Morgan fingerprint density at radius 3 is 2.21 bits per heavy atom. The van der Waals surface area contributed by atoms with Gasteiger partial charge in [0, 0.05) is 6.54 Å². The summed E-state index contributed by atoms with van der Waals surface area (Å²) >= 11 is 17.7. The quantitative estimate of drug-likeness (QED) is 0.0925. The molecule has 0 saturated carbocycles. The molecule has 0 aliphatic rings. The Balaban J connectivity index is 1.75. The van der Waals surface area contributed by atoms with Gasteiger partial charge >= 0.3 is 0 Å². The minimum atomic E-state index is 0.285. The van der Waals surface area contributed by atoms with E-state index < -0.39 is 0 Å². The highest BCUT2D eigenvalue weighted by Crippen LogP contribution is 2.33. The van der Waals surface area contributed by atoms with Crippen LogP contribution in [-0.4, -0.2) is 37.7 Å². The summed E-state index contributed by atoms with van der Waals surface area (Å²) in [5.41, 5.74) is 3.40. The lowest BCUT2D eigenvalue weighted by Crippen LogP contribution is -2.31. The van der Waals surface area contributed by atoms with E-state index in [0.717, 1.165) is 24.5 Å². The van der Waals surface area contributed by atoms with E-state index in [-0.39, 0.29) is 6.61 Å². The molecule has 0 aliphatic carbocycles. The van der Waals surface area contributed by atoms with Crippen molar-refractivity contribution in [2.45, 2.75) is 32.6 Å². The summed E-state index contributed by atoms with van der Waals surface area (Å²) in [4.78, 5) is 0. The molecule has 6 nitrogen and oxygen atoms in total. The molecule has 0 saturated heterocycles. The molecule has 184 valence electrons. The van der Waals surface area contributed by atoms with Crippen molar-refractivity contribution in [1.29, 1.82) is 0 Å². The van der Waals surface area contributed by atoms with Gasteiger partial charge in [-0.05, 0) is 60.6 Å². The third kappa shape index (κ3) is 10.6.